The smallest absolute Gasteiger partial charge is 0.251 e. The lowest BCUT2D eigenvalue weighted by Crippen LogP contribution is -2.13. The SMILES string of the molecule is Fc1cnc(C(F)F)c(C(F)(F)F)c1Cl. The fraction of sp³-hybridized carbons (Fsp3) is 0.286. The summed E-state index contributed by atoms with van der Waals surface area (Å²) < 4.78 is 73.5. The van der Waals surface area contributed by atoms with E-state index >= 15 is 0 Å². The van der Waals surface area contributed by atoms with Gasteiger partial charge in [-0.2, -0.15) is 13.2 Å². The van der Waals surface area contributed by atoms with Crippen molar-refractivity contribution in [3.05, 3.63) is 28.3 Å². The molecule has 1 heterocycles. The lowest BCUT2D eigenvalue weighted by molar-refractivity contribution is -0.140. The van der Waals surface area contributed by atoms with Crippen molar-refractivity contribution < 1.29 is 26.3 Å². The highest BCUT2D eigenvalue weighted by Gasteiger charge is 2.40. The Kier molecular flexibility index (Phi) is 3.13. The van der Waals surface area contributed by atoms with Crippen molar-refractivity contribution >= 4 is 11.6 Å². The average Bonchev–Trinajstić information content (AvgIpc) is 2.06. The van der Waals surface area contributed by atoms with E-state index in [4.69, 9.17) is 11.6 Å². The van der Waals surface area contributed by atoms with E-state index in [2.05, 4.69) is 4.98 Å². The molecule has 0 aliphatic heterocycles. The monoisotopic (exact) mass is 249 g/mol. The van der Waals surface area contributed by atoms with Gasteiger partial charge in [0, 0.05) is 0 Å². The molecule has 0 aliphatic carbocycles. The van der Waals surface area contributed by atoms with Crippen LogP contribution in [-0.4, -0.2) is 4.98 Å². The largest absolute Gasteiger partial charge is 0.419 e. The summed E-state index contributed by atoms with van der Waals surface area (Å²) in [7, 11) is 0. The number of halogens is 7. The van der Waals surface area contributed by atoms with Gasteiger partial charge in [-0.3, -0.25) is 4.98 Å². The van der Waals surface area contributed by atoms with E-state index in [0.29, 0.717) is 0 Å². The maximum Gasteiger partial charge on any atom is 0.419 e. The molecule has 1 nitrogen and oxygen atoms in total. The standard InChI is InChI=1S/C7H2ClF6N/c8-4-2(9)1-15-5(6(10)11)3(4)7(12,13)14/h1,6H. The molecule has 15 heavy (non-hydrogen) atoms. The van der Waals surface area contributed by atoms with Crippen LogP contribution in [-0.2, 0) is 6.18 Å². The van der Waals surface area contributed by atoms with E-state index in [1.54, 1.807) is 0 Å². The molecule has 0 aliphatic rings. The molecule has 0 atom stereocenters. The Labute approximate surface area is 84.7 Å². The molecule has 0 saturated heterocycles. The lowest BCUT2D eigenvalue weighted by atomic mass is 10.2. The van der Waals surface area contributed by atoms with Crippen LogP contribution in [0, 0.1) is 5.82 Å². The van der Waals surface area contributed by atoms with Crippen molar-refractivity contribution in [3.8, 4) is 0 Å². The quantitative estimate of drug-likeness (QED) is 0.689. The molecule has 0 unspecified atom stereocenters. The van der Waals surface area contributed by atoms with E-state index in [1.165, 1.54) is 0 Å². The van der Waals surface area contributed by atoms with Gasteiger partial charge in [0.2, 0.25) is 0 Å². The van der Waals surface area contributed by atoms with Crippen molar-refractivity contribution in [1.82, 2.24) is 4.98 Å². The van der Waals surface area contributed by atoms with Gasteiger partial charge in [-0.05, 0) is 0 Å². The zero-order chi connectivity index (χ0) is 11.8. The Hall–Kier alpha value is -0.980. The molecule has 0 spiro atoms. The van der Waals surface area contributed by atoms with Gasteiger partial charge in [0.15, 0.2) is 5.82 Å². The van der Waals surface area contributed by atoms with Gasteiger partial charge in [0.25, 0.3) is 6.43 Å². The third-order valence-electron chi connectivity index (χ3n) is 1.49. The van der Waals surface area contributed by atoms with Gasteiger partial charge in [0.1, 0.15) is 11.3 Å². The van der Waals surface area contributed by atoms with Crippen molar-refractivity contribution in [2.24, 2.45) is 0 Å². The molecule has 0 N–H and O–H groups in total. The maximum absolute atomic E-state index is 12.6. The van der Waals surface area contributed by atoms with E-state index < -0.39 is 34.7 Å². The van der Waals surface area contributed by atoms with Crippen LogP contribution in [0.2, 0.25) is 5.02 Å². The zero-order valence-electron chi connectivity index (χ0n) is 6.75. The highest BCUT2D eigenvalue weighted by molar-refractivity contribution is 6.31. The molecule has 0 radical (unpaired) electrons. The normalized spacial score (nSPS) is 12.3. The summed E-state index contributed by atoms with van der Waals surface area (Å²) in [4.78, 5) is 2.68. The molecule has 1 aromatic rings. The summed E-state index contributed by atoms with van der Waals surface area (Å²) in [6, 6.07) is 0. The molecule has 8 heteroatoms. The molecule has 1 rings (SSSR count). The predicted molar refractivity (Wildman–Crippen MR) is 39.2 cm³/mol. The molecule has 84 valence electrons. The lowest BCUT2D eigenvalue weighted by Gasteiger charge is -2.13. The zero-order valence-corrected chi connectivity index (χ0v) is 7.50. The highest BCUT2D eigenvalue weighted by atomic mass is 35.5. The van der Waals surface area contributed by atoms with Gasteiger partial charge < -0.3 is 0 Å². The summed E-state index contributed by atoms with van der Waals surface area (Å²) in [6.45, 7) is 0. The average molecular weight is 250 g/mol. The number of pyridine rings is 1. The molecule has 1 aromatic heterocycles. The number of nitrogens with zero attached hydrogens (tertiary/aromatic N) is 1. The molecular formula is C7H2ClF6N. The molecule has 0 aromatic carbocycles. The minimum atomic E-state index is -5.17. The van der Waals surface area contributed by atoms with Crippen LogP contribution in [0.5, 0.6) is 0 Å². The summed E-state index contributed by atoms with van der Waals surface area (Å²) in [5, 5.41) is -1.40. The first kappa shape index (κ1) is 12.1. The van der Waals surface area contributed by atoms with E-state index in [0.717, 1.165) is 0 Å². The minimum absolute atomic E-state index is 0.221. The Morgan fingerprint density at radius 1 is 1.27 bits per heavy atom. The fourth-order valence-corrected chi connectivity index (χ4v) is 1.17. The van der Waals surface area contributed by atoms with Crippen molar-refractivity contribution in [1.29, 1.82) is 0 Å². The van der Waals surface area contributed by atoms with E-state index in [-0.39, 0.29) is 6.20 Å². The molecule has 0 saturated carbocycles. The van der Waals surface area contributed by atoms with Gasteiger partial charge in [-0.1, -0.05) is 11.6 Å². The summed E-state index contributed by atoms with van der Waals surface area (Å²) >= 11 is 4.96. The first-order valence-corrected chi connectivity index (χ1v) is 3.82. The maximum atomic E-state index is 12.6. The van der Waals surface area contributed by atoms with Crippen molar-refractivity contribution in [2.45, 2.75) is 12.6 Å². The van der Waals surface area contributed by atoms with Crippen LogP contribution in [0.25, 0.3) is 0 Å². The van der Waals surface area contributed by atoms with Crippen LogP contribution in [0.1, 0.15) is 17.7 Å². The topological polar surface area (TPSA) is 12.9 Å². The van der Waals surface area contributed by atoms with Crippen LogP contribution in [0.15, 0.2) is 6.20 Å². The number of rotatable bonds is 1. The van der Waals surface area contributed by atoms with Gasteiger partial charge in [-0.15, -0.1) is 0 Å². The minimum Gasteiger partial charge on any atom is -0.251 e. The summed E-state index contributed by atoms with van der Waals surface area (Å²) in [6.07, 6.45) is -8.42. The molecule has 0 fully saturated rings. The fourth-order valence-electron chi connectivity index (χ4n) is 0.914. The van der Waals surface area contributed by atoms with Crippen LogP contribution >= 0.6 is 11.6 Å². The Bertz CT molecular complexity index is 374. The number of alkyl halides is 5. The van der Waals surface area contributed by atoms with Crippen molar-refractivity contribution in [3.63, 3.8) is 0 Å². The van der Waals surface area contributed by atoms with Crippen molar-refractivity contribution in [2.75, 3.05) is 0 Å². The number of aromatic nitrogens is 1. The van der Waals surface area contributed by atoms with Crippen LogP contribution in [0.4, 0.5) is 26.3 Å². The second kappa shape index (κ2) is 3.88. The van der Waals surface area contributed by atoms with Gasteiger partial charge >= 0.3 is 6.18 Å². The first-order chi connectivity index (χ1) is 6.75. The number of hydrogen-bond donors (Lipinski definition) is 0. The second-order valence-electron chi connectivity index (χ2n) is 2.48. The van der Waals surface area contributed by atoms with Crippen LogP contribution < -0.4 is 0 Å². The first-order valence-electron chi connectivity index (χ1n) is 3.44. The third kappa shape index (κ3) is 2.34. The molecule has 0 amide bonds. The van der Waals surface area contributed by atoms with Gasteiger partial charge in [-0.25, -0.2) is 13.2 Å². The molecule has 0 bridgehead atoms. The summed E-state index contributed by atoms with van der Waals surface area (Å²) in [5.41, 5.74) is -3.51. The molecular weight excluding hydrogens is 248 g/mol. The van der Waals surface area contributed by atoms with E-state index in [1.807, 2.05) is 0 Å². The van der Waals surface area contributed by atoms with E-state index in [9.17, 15) is 26.3 Å². The Morgan fingerprint density at radius 2 is 1.80 bits per heavy atom. The predicted octanol–water partition coefficient (Wildman–Crippen LogP) is 3.83. The third-order valence-corrected chi connectivity index (χ3v) is 1.86. The second-order valence-corrected chi connectivity index (χ2v) is 2.86. The Balaban J connectivity index is 3.49. The highest BCUT2D eigenvalue weighted by Crippen LogP contribution is 2.40. The summed E-state index contributed by atoms with van der Waals surface area (Å²) in [5.74, 6) is -1.49. The van der Waals surface area contributed by atoms with Crippen LogP contribution in [0.3, 0.4) is 0 Å². The number of hydrogen-bond acceptors (Lipinski definition) is 1. The van der Waals surface area contributed by atoms with Gasteiger partial charge in [0.05, 0.1) is 11.2 Å². The Morgan fingerprint density at radius 3 is 2.20 bits per heavy atom.